The van der Waals surface area contributed by atoms with E-state index in [0.29, 0.717) is 24.3 Å². The fourth-order valence-electron chi connectivity index (χ4n) is 2.12. The van der Waals surface area contributed by atoms with Crippen molar-refractivity contribution in [1.82, 2.24) is 14.9 Å². The molecule has 18 heavy (non-hydrogen) atoms. The van der Waals surface area contributed by atoms with Gasteiger partial charge in [0.05, 0.1) is 7.11 Å². The van der Waals surface area contributed by atoms with Crippen molar-refractivity contribution in [2.75, 3.05) is 13.7 Å². The lowest BCUT2D eigenvalue weighted by molar-refractivity contribution is 0.339. The normalized spacial score (nSPS) is 16.6. The van der Waals surface area contributed by atoms with Crippen molar-refractivity contribution in [1.29, 1.82) is 0 Å². The van der Waals surface area contributed by atoms with Crippen LogP contribution in [-0.2, 0) is 6.54 Å². The van der Waals surface area contributed by atoms with Crippen LogP contribution in [0.3, 0.4) is 0 Å². The van der Waals surface area contributed by atoms with E-state index in [0.717, 1.165) is 12.5 Å². The lowest BCUT2D eigenvalue weighted by Gasteiger charge is -2.15. The van der Waals surface area contributed by atoms with Crippen LogP contribution in [0.5, 0.6) is 6.01 Å². The SMILES string of the molecule is COc1nc(C)cc(=O)n1CCNC(C)C1CC1. The minimum absolute atomic E-state index is 0.0553. The Hall–Kier alpha value is -1.36. The van der Waals surface area contributed by atoms with Gasteiger partial charge in [0.25, 0.3) is 11.6 Å². The average Bonchev–Trinajstić information content (AvgIpc) is 3.15. The van der Waals surface area contributed by atoms with E-state index in [4.69, 9.17) is 4.74 Å². The monoisotopic (exact) mass is 251 g/mol. The van der Waals surface area contributed by atoms with Crippen molar-refractivity contribution < 1.29 is 4.74 Å². The van der Waals surface area contributed by atoms with Crippen molar-refractivity contribution in [3.8, 4) is 6.01 Å². The Morgan fingerprint density at radius 3 is 2.94 bits per heavy atom. The Morgan fingerprint density at radius 1 is 1.61 bits per heavy atom. The Kier molecular flexibility index (Phi) is 4.01. The maximum atomic E-state index is 11.9. The van der Waals surface area contributed by atoms with Gasteiger partial charge in [-0.2, -0.15) is 0 Å². The molecule has 1 aliphatic rings. The van der Waals surface area contributed by atoms with Gasteiger partial charge in [-0.1, -0.05) is 0 Å². The Morgan fingerprint density at radius 2 is 2.33 bits per heavy atom. The topological polar surface area (TPSA) is 56.1 Å². The van der Waals surface area contributed by atoms with E-state index in [1.54, 1.807) is 11.5 Å². The smallest absolute Gasteiger partial charge is 0.299 e. The summed E-state index contributed by atoms with van der Waals surface area (Å²) in [6.07, 6.45) is 2.65. The van der Waals surface area contributed by atoms with Crippen molar-refractivity contribution >= 4 is 0 Å². The molecule has 100 valence electrons. The second-order valence-corrected chi connectivity index (χ2v) is 4.95. The highest BCUT2D eigenvalue weighted by molar-refractivity contribution is 5.06. The second kappa shape index (κ2) is 5.52. The molecular formula is C13H21N3O2. The third-order valence-corrected chi connectivity index (χ3v) is 3.41. The molecule has 1 unspecified atom stereocenters. The first kappa shape index (κ1) is 13.1. The van der Waals surface area contributed by atoms with Crippen molar-refractivity contribution in [3.63, 3.8) is 0 Å². The first-order valence-corrected chi connectivity index (χ1v) is 6.47. The third-order valence-electron chi connectivity index (χ3n) is 3.41. The number of methoxy groups -OCH3 is 1. The molecule has 5 heteroatoms. The molecule has 1 aromatic rings. The first-order valence-electron chi connectivity index (χ1n) is 6.47. The van der Waals surface area contributed by atoms with E-state index in [1.807, 2.05) is 0 Å². The molecule has 5 nitrogen and oxygen atoms in total. The van der Waals surface area contributed by atoms with Gasteiger partial charge in [0.2, 0.25) is 0 Å². The van der Waals surface area contributed by atoms with Crippen LogP contribution in [0, 0.1) is 12.8 Å². The van der Waals surface area contributed by atoms with Crippen LogP contribution in [0.15, 0.2) is 10.9 Å². The summed E-state index contributed by atoms with van der Waals surface area (Å²) in [7, 11) is 1.54. The number of nitrogens with one attached hydrogen (secondary N) is 1. The summed E-state index contributed by atoms with van der Waals surface area (Å²) in [4.78, 5) is 16.1. The predicted octanol–water partition coefficient (Wildman–Crippen LogP) is 0.948. The zero-order valence-corrected chi connectivity index (χ0v) is 11.3. The summed E-state index contributed by atoms with van der Waals surface area (Å²) in [5.74, 6) is 0.819. The largest absolute Gasteiger partial charge is 0.468 e. The number of hydrogen-bond donors (Lipinski definition) is 1. The Labute approximate surface area is 107 Å². The van der Waals surface area contributed by atoms with Crippen molar-refractivity contribution in [2.24, 2.45) is 5.92 Å². The summed E-state index contributed by atoms with van der Waals surface area (Å²) in [6, 6.07) is 2.46. The van der Waals surface area contributed by atoms with Crippen molar-refractivity contribution in [3.05, 3.63) is 22.1 Å². The van der Waals surface area contributed by atoms with E-state index in [1.165, 1.54) is 26.0 Å². The molecule has 1 aliphatic carbocycles. The highest BCUT2D eigenvalue weighted by atomic mass is 16.5. The molecule has 0 aliphatic heterocycles. The molecule has 1 heterocycles. The molecule has 0 bridgehead atoms. The standard InChI is InChI=1S/C13H21N3O2/c1-9-8-12(17)16(13(15-9)18-3)7-6-14-10(2)11-4-5-11/h8,10-11,14H,4-7H2,1-3H3. The zero-order valence-electron chi connectivity index (χ0n) is 11.3. The summed E-state index contributed by atoms with van der Waals surface area (Å²) >= 11 is 0. The van der Waals surface area contributed by atoms with Gasteiger partial charge in [-0.25, -0.2) is 4.98 Å². The summed E-state index contributed by atoms with van der Waals surface area (Å²) in [6.45, 7) is 5.35. The van der Waals surface area contributed by atoms with E-state index in [2.05, 4.69) is 17.2 Å². The van der Waals surface area contributed by atoms with Gasteiger partial charge >= 0.3 is 0 Å². The fraction of sp³-hybridized carbons (Fsp3) is 0.692. The summed E-state index contributed by atoms with van der Waals surface area (Å²) in [5, 5.41) is 3.44. The van der Waals surface area contributed by atoms with Gasteiger partial charge in [0.1, 0.15) is 0 Å². The first-order chi connectivity index (χ1) is 8.61. The molecule has 0 amide bonds. The van der Waals surface area contributed by atoms with Crippen molar-refractivity contribution in [2.45, 2.75) is 39.3 Å². The van der Waals surface area contributed by atoms with Gasteiger partial charge in [0.15, 0.2) is 0 Å². The molecule has 0 saturated heterocycles. The Bertz CT molecular complexity index is 466. The molecular weight excluding hydrogens is 230 g/mol. The third kappa shape index (κ3) is 3.10. The number of aromatic nitrogens is 2. The van der Waals surface area contributed by atoms with E-state index >= 15 is 0 Å². The van der Waals surface area contributed by atoms with Crippen LogP contribution >= 0.6 is 0 Å². The quantitative estimate of drug-likeness (QED) is 0.818. The fourth-order valence-corrected chi connectivity index (χ4v) is 2.12. The molecule has 1 aromatic heterocycles. The molecule has 1 fully saturated rings. The molecule has 0 spiro atoms. The molecule has 2 rings (SSSR count). The maximum Gasteiger partial charge on any atom is 0.299 e. The highest BCUT2D eigenvalue weighted by Gasteiger charge is 2.27. The second-order valence-electron chi connectivity index (χ2n) is 4.95. The van der Waals surface area contributed by atoms with Crippen LogP contribution in [0.1, 0.15) is 25.5 Å². The summed E-state index contributed by atoms with van der Waals surface area (Å²) < 4.78 is 6.72. The molecule has 0 aromatic carbocycles. The molecule has 1 saturated carbocycles. The predicted molar refractivity (Wildman–Crippen MR) is 70.0 cm³/mol. The van der Waals surface area contributed by atoms with Gasteiger partial charge < -0.3 is 10.1 Å². The van der Waals surface area contributed by atoms with Gasteiger partial charge in [0, 0.05) is 30.9 Å². The average molecular weight is 251 g/mol. The summed E-state index contributed by atoms with van der Waals surface area (Å²) in [5.41, 5.74) is 0.632. The number of rotatable bonds is 6. The van der Waals surface area contributed by atoms with Crippen LogP contribution in [-0.4, -0.2) is 29.2 Å². The Balaban J connectivity index is 1.97. The lowest BCUT2D eigenvalue weighted by Crippen LogP contribution is -2.34. The minimum atomic E-state index is -0.0553. The number of ether oxygens (including phenoxy) is 1. The molecule has 0 radical (unpaired) electrons. The van der Waals surface area contributed by atoms with Gasteiger partial charge in [-0.3, -0.25) is 9.36 Å². The maximum absolute atomic E-state index is 11.9. The molecule has 1 atom stereocenters. The van der Waals surface area contributed by atoms with E-state index in [-0.39, 0.29) is 5.56 Å². The highest BCUT2D eigenvalue weighted by Crippen LogP contribution is 2.32. The number of aryl methyl sites for hydroxylation is 1. The van der Waals surface area contributed by atoms with Gasteiger partial charge in [-0.15, -0.1) is 0 Å². The van der Waals surface area contributed by atoms with E-state index < -0.39 is 0 Å². The zero-order chi connectivity index (χ0) is 13.1. The van der Waals surface area contributed by atoms with Crippen LogP contribution in [0.25, 0.3) is 0 Å². The van der Waals surface area contributed by atoms with E-state index in [9.17, 15) is 4.79 Å². The lowest BCUT2D eigenvalue weighted by atomic mass is 10.2. The number of nitrogens with zero attached hydrogens (tertiary/aromatic N) is 2. The van der Waals surface area contributed by atoms with Gasteiger partial charge in [-0.05, 0) is 32.6 Å². The van der Waals surface area contributed by atoms with Crippen LogP contribution < -0.4 is 15.6 Å². The minimum Gasteiger partial charge on any atom is -0.468 e. The number of hydrogen-bond acceptors (Lipinski definition) is 4. The molecule has 1 N–H and O–H groups in total. The van der Waals surface area contributed by atoms with Crippen LogP contribution in [0.4, 0.5) is 0 Å². The van der Waals surface area contributed by atoms with Crippen LogP contribution in [0.2, 0.25) is 0 Å².